The van der Waals surface area contributed by atoms with Crippen molar-refractivity contribution < 1.29 is 4.74 Å². The van der Waals surface area contributed by atoms with Crippen LogP contribution < -0.4 is 10.6 Å². The third-order valence-corrected chi connectivity index (χ3v) is 4.77. The first-order valence-corrected chi connectivity index (χ1v) is 7.85. The van der Waals surface area contributed by atoms with Crippen LogP contribution in [0, 0.1) is 0 Å². The molecule has 3 nitrogen and oxygen atoms in total. The van der Waals surface area contributed by atoms with Gasteiger partial charge < -0.3 is 15.4 Å². The summed E-state index contributed by atoms with van der Waals surface area (Å²) < 4.78 is 5.94. The van der Waals surface area contributed by atoms with Gasteiger partial charge in [-0.1, -0.05) is 36.5 Å². The molecule has 2 aliphatic heterocycles. The van der Waals surface area contributed by atoms with Gasteiger partial charge in [0.15, 0.2) is 0 Å². The molecule has 2 N–H and O–H groups in total. The van der Waals surface area contributed by atoms with Crippen LogP contribution in [0.3, 0.4) is 0 Å². The quantitative estimate of drug-likeness (QED) is 0.865. The average Bonchev–Trinajstić information content (AvgIpc) is 2.84. The number of hydrogen-bond donors (Lipinski definition) is 1. The predicted octanol–water partition coefficient (Wildman–Crippen LogP) is 2.84. The first-order chi connectivity index (χ1) is 10.2. The van der Waals surface area contributed by atoms with Gasteiger partial charge in [-0.15, -0.1) is 0 Å². The van der Waals surface area contributed by atoms with E-state index in [-0.39, 0.29) is 0 Å². The Morgan fingerprint density at radius 3 is 2.38 bits per heavy atom. The summed E-state index contributed by atoms with van der Waals surface area (Å²) in [5, 5.41) is 2.37. The zero-order valence-electron chi connectivity index (χ0n) is 11.8. The lowest BCUT2D eigenvalue weighted by atomic mass is 10.0. The molecule has 4 rings (SSSR count). The molecule has 0 aliphatic carbocycles. The van der Waals surface area contributed by atoms with Crippen LogP contribution >= 0.6 is 12.2 Å². The number of fused-ring (bicyclic) bond motifs is 3. The van der Waals surface area contributed by atoms with Crippen molar-refractivity contribution in [1.82, 2.24) is 0 Å². The van der Waals surface area contributed by atoms with Crippen molar-refractivity contribution in [3.8, 4) is 0 Å². The number of thiocarbonyl (C=S) groups is 1. The maximum absolute atomic E-state index is 5.94. The largest absolute Gasteiger partial charge is 0.389 e. The second kappa shape index (κ2) is 4.97. The van der Waals surface area contributed by atoms with E-state index in [2.05, 4.69) is 35.2 Å². The molecule has 4 heteroatoms. The lowest BCUT2D eigenvalue weighted by Gasteiger charge is -2.34. The topological polar surface area (TPSA) is 38.5 Å². The number of nitrogens with two attached hydrogens (primary N) is 1. The minimum absolute atomic E-state index is 0.387. The maximum atomic E-state index is 5.94. The van der Waals surface area contributed by atoms with Crippen molar-refractivity contribution in [2.75, 3.05) is 18.0 Å². The van der Waals surface area contributed by atoms with Gasteiger partial charge in [0.25, 0.3) is 0 Å². The standard InChI is InChI=1S/C17H18N2OS/c18-17(21)15-7-8-16(14-4-2-1-3-13(14)15)19-9-11-5-6-12(10-19)20-11/h1-4,7-8,11-12H,5-6,9-10H2,(H2,18,21). The smallest absolute Gasteiger partial charge is 0.104 e. The molecule has 2 saturated heterocycles. The van der Waals surface area contributed by atoms with Crippen molar-refractivity contribution >= 4 is 33.7 Å². The van der Waals surface area contributed by atoms with Gasteiger partial charge in [0, 0.05) is 29.7 Å². The van der Waals surface area contributed by atoms with Gasteiger partial charge in [-0.2, -0.15) is 0 Å². The molecule has 0 aromatic heterocycles. The van der Waals surface area contributed by atoms with Crippen LogP contribution in [0.1, 0.15) is 18.4 Å². The Kier molecular flexibility index (Phi) is 3.08. The van der Waals surface area contributed by atoms with Crippen molar-refractivity contribution in [2.45, 2.75) is 25.0 Å². The van der Waals surface area contributed by atoms with Gasteiger partial charge >= 0.3 is 0 Å². The zero-order valence-corrected chi connectivity index (χ0v) is 12.6. The molecule has 2 unspecified atom stereocenters. The number of ether oxygens (including phenoxy) is 1. The van der Waals surface area contributed by atoms with E-state index in [1.54, 1.807) is 0 Å². The Hall–Kier alpha value is -1.65. The molecule has 0 radical (unpaired) electrons. The SMILES string of the molecule is NC(=S)c1ccc(N2CC3CCC(C2)O3)c2ccccc12. The normalized spacial score (nSPS) is 24.5. The first-order valence-electron chi connectivity index (χ1n) is 7.44. The lowest BCUT2D eigenvalue weighted by molar-refractivity contribution is 0.0306. The van der Waals surface area contributed by atoms with Gasteiger partial charge in [-0.3, -0.25) is 0 Å². The van der Waals surface area contributed by atoms with Crippen LogP contribution in [0.4, 0.5) is 5.69 Å². The Morgan fingerprint density at radius 2 is 1.71 bits per heavy atom. The third kappa shape index (κ3) is 2.19. The van der Waals surface area contributed by atoms with Gasteiger partial charge in [-0.25, -0.2) is 0 Å². The monoisotopic (exact) mass is 298 g/mol. The van der Waals surface area contributed by atoms with E-state index >= 15 is 0 Å². The molecule has 108 valence electrons. The second-order valence-electron chi connectivity index (χ2n) is 5.90. The highest BCUT2D eigenvalue weighted by atomic mass is 32.1. The van der Waals surface area contributed by atoms with Gasteiger partial charge in [0.2, 0.25) is 0 Å². The Balaban J connectivity index is 1.82. The van der Waals surface area contributed by atoms with Gasteiger partial charge in [-0.05, 0) is 30.4 Å². The summed E-state index contributed by atoms with van der Waals surface area (Å²) in [6.45, 7) is 1.96. The molecule has 21 heavy (non-hydrogen) atoms. The number of morpholine rings is 1. The number of rotatable bonds is 2. The molecule has 2 atom stereocenters. The van der Waals surface area contributed by atoms with Crippen molar-refractivity contribution in [1.29, 1.82) is 0 Å². The molecule has 2 heterocycles. The Morgan fingerprint density at radius 1 is 1.05 bits per heavy atom. The van der Waals surface area contributed by atoms with Crippen molar-refractivity contribution in [2.24, 2.45) is 5.73 Å². The molecule has 0 amide bonds. The summed E-state index contributed by atoms with van der Waals surface area (Å²) in [6.07, 6.45) is 3.14. The number of hydrogen-bond acceptors (Lipinski definition) is 3. The van der Waals surface area contributed by atoms with Crippen LogP contribution in [0.2, 0.25) is 0 Å². The molecule has 2 fully saturated rings. The summed E-state index contributed by atoms with van der Waals surface area (Å²) in [7, 11) is 0. The molecule has 2 aliphatic rings. The van der Waals surface area contributed by atoms with E-state index in [0.29, 0.717) is 17.2 Å². The van der Waals surface area contributed by atoms with Gasteiger partial charge in [0.05, 0.1) is 12.2 Å². The van der Waals surface area contributed by atoms with E-state index in [1.165, 1.54) is 23.9 Å². The minimum atomic E-state index is 0.387. The highest BCUT2D eigenvalue weighted by Crippen LogP contribution is 2.34. The van der Waals surface area contributed by atoms with Crippen LogP contribution in [0.5, 0.6) is 0 Å². The van der Waals surface area contributed by atoms with Crippen LogP contribution in [-0.2, 0) is 4.74 Å². The fourth-order valence-corrected chi connectivity index (χ4v) is 3.76. The summed E-state index contributed by atoms with van der Waals surface area (Å²) in [6, 6.07) is 12.6. The van der Waals surface area contributed by atoms with Crippen molar-refractivity contribution in [3.05, 3.63) is 42.0 Å². The Labute approximate surface area is 129 Å². The molecule has 0 spiro atoms. The van der Waals surface area contributed by atoms with E-state index in [9.17, 15) is 0 Å². The number of anilines is 1. The molecule has 2 aromatic carbocycles. The fraction of sp³-hybridized carbons (Fsp3) is 0.353. The first kappa shape index (κ1) is 13.0. The molecular weight excluding hydrogens is 280 g/mol. The average molecular weight is 298 g/mol. The van der Waals surface area contributed by atoms with E-state index in [0.717, 1.165) is 24.0 Å². The fourth-order valence-electron chi connectivity index (χ4n) is 3.59. The molecular formula is C17H18N2OS. The van der Waals surface area contributed by atoms with Crippen LogP contribution in [0.25, 0.3) is 10.8 Å². The third-order valence-electron chi connectivity index (χ3n) is 4.55. The molecule has 2 aromatic rings. The summed E-state index contributed by atoms with van der Waals surface area (Å²) in [4.78, 5) is 2.91. The number of benzene rings is 2. The summed E-state index contributed by atoms with van der Waals surface area (Å²) in [5.74, 6) is 0. The molecule has 0 saturated carbocycles. The highest BCUT2D eigenvalue weighted by Gasteiger charge is 2.34. The number of nitrogens with zero attached hydrogens (tertiary/aromatic N) is 1. The van der Waals surface area contributed by atoms with Crippen LogP contribution in [-0.4, -0.2) is 30.3 Å². The Bertz CT molecular complexity index is 703. The summed E-state index contributed by atoms with van der Waals surface area (Å²) in [5.41, 5.74) is 8.09. The lowest BCUT2D eigenvalue weighted by Crippen LogP contribution is -2.42. The molecule has 2 bridgehead atoms. The van der Waals surface area contributed by atoms with Crippen LogP contribution in [0.15, 0.2) is 36.4 Å². The minimum Gasteiger partial charge on any atom is -0.389 e. The van der Waals surface area contributed by atoms with E-state index in [1.807, 2.05) is 6.07 Å². The van der Waals surface area contributed by atoms with Crippen molar-refractivity contribution in [3.63, 3.8) is 0 Å². The predicted molar refractivity (Wildman–Crippen MR) is 89.9 cm³/mol. The maximum Gasteiger partial charge on any atom is 0.104 e. The summed E-state index contributed by atoms with van der Waals surface area (Å²) >= 11 is 5.18. The van der Waals surface area contributed by atoms with E-state index < -0.39 is 0 Å². The zero-order chi connectivity index (χ0) is 14.4. The van der Waals surface area contributed by atoms with Gasteiger partial charge in [0.1, 0.15) is 4.99 Å². The highest BCUT2D eigenvalue weighted by molar-refractivity contribution is 7.80. The van der Waals surface area contributed by atoms with E-state index in [4.69, 9.17) is 22.7 Å². The second-order valence-corrected chi connectivity index (χ2v) is 6.34.